The largest absolute Gasteiger partial charge is 0.293 e. The third kappa shape index (κ3) is 2.62. The normalized spacial score (nSPS) is 23.0. The second kappa shape index (κ2) is 4.70. The van der Waals surface area contributed by atoms with Crippen molar-refractivity contribution in [3.63, 3.8) is 0 Å². The van der Waals surface area contributed by atoms with Crippen molar-refractivity contribution in [2.24, 2.45) is 0 Å². The first-order valence-corrected chi connectivity index (χ1v) is 8.57. The van der Waals surface area contributed by atoms with E-state index in [1.54, 1.807) is 6.92 Å². The molecule has 0 heterocycles. The Balaban J connectivity index is 2.83. The van der Waals surface area contributed by atoms with Crippen LogP contribution >= 0.6 is 0 Å². The highest BCUT2D eigenvalue weighted by Crippen LogP contribution is 2.30. The van der Waals surface area contributed by atoms with Gasteiger partial charge in [0.25, 0.3) is 20.2 Å². The van der Waals surface area contributed by atoms with Gasteiger partial charge in [0.15, 0.2) is 22.1 Å². The van der Waals surface area contributed by atoms with Crippen LogP contribution < -0.4 is 0 Å². The lowest BCUT2D eigenvalue weighted by atomic mass is 9.88. The Morgan fingerprint density at radius 3 is 1.71 bits per heavy atom. The Bertz CT molecular complexity index is 850. The molecule has 114 valence electrons. The summed E-state index contributed by atoms with van der Waals surface area (Å²) in [5.41, 5.74) is -0.0788. The zero-order valence-corrected chi connectivity index (χ0v) is 12.2. The fourth-order valence-corrected chi connectivity index (χ4v) is 4.75. The Morgan fingerprint density at radius 2 is 1.29 bits per heavy atom. The van der Waals surface area contributed by atoms with E-state index < -0.39 is 42.3 Å². The van der Waals surface area contributed by atoms with Crippen molar-refractivity contribution in [3.8, 4) is 0 Å². The quantitative estimate of drug-likeness (QED) is 0.713. The summed E-state index contributed by atoms with van der Waals surface area (Å²) >= 11 is 0. The van der Waals surface area contributed by atoms with Gasteiger partial charge in [-0.2, -0.15) is 16.8 Å². The highest BCUT2D eigenvalue weighted by molar-refractivity contribution is 7.91. The lowest BCUT2D eigenvalue weighted by Gasteiger charge is -2.26. The van der Waals surface area contributed by atoms with Gasteiger partial charge in [-0.3, -0.25) is 18.7 Å². The average Bonchev–Trinajstić information content (AvgIpc) is 2.30. The predicted molar refractivity (Wildman–Crippen MR) is 70.5 cm³/mol. The van der Waals surface area contributed by atoms with E-state index in [1.807, 2.05) is 0 Å². The molecule has 0 saturated heterocycles. The van der Waals surface area contributed by atoms with Gasteiger partial charge in [0.2, 0.25) is 0 Å². The molecule has 0 spiro atoms. The number of carbonyl (C=O) groups excluding carboxylic acids is 2. The number of benzene rings is 1. The van der Waals surface area contributed by atoms with Gasteiger partial charge in [-0.05, 0) is 13.0 Å². The summed E-state index contributed by atoms with van der Waals surface area (Å²) in [6, 6.07) is 3.82. The van der Waals surface area contributed by atoms with Gasteiger partial charge in [0.1, 0.15) is 0 Å². The van der Waals surface area contributed by atoms with Crippen LogP contribution in [-0.2, 0) is 20.2 Å². The molecule has 0 fully saturated rings. The number of hydrogen-bond acceptors (Lipinski definition) is 6. The van der Waals surface area contributed by atoms with E-state index in [4.69, 9.17) is 9.11 Å². The molecule has 0 bridgehead atoms. The van der Waals surface area contributed by atoms with Crippen LogP contribution in [0.2, 0.25) is 0 Å². The molecule has 0 radical (unpaired) electrons. The number of rotatable bonds is 2. The van der Waals surface area contributed by atoms with Crippen LogP contribution in [0.1, 0.15) is 26.3 Å². The second-order valence-corrected chi connectivity index (χ2v) is 7.72. The van der Waals surface area contributed by atoms with Gasteiger partial charge in [-0.1, -0.05) is 17.7 Å². The minimum atomic E-state index is -5.21. The maximum absolute atomic E-state index is 12.2. The Labute approximate surface area is 120 Å². The summed E-state index contributed by atoms with van der Waals surface area (Å²) in [5.74, 6) is -2.51. The van der Waals surface area contributed by atoms with E-state index in [2.05, 4.69) is 0 Å². The van der Waals surface area contributed by atoms with E-state index >= 15 is 0 Å². The van der Waals surface area contributed by atoms with Crippen LogP contribution in [0.4, 0.5) is 0 Å². The van der Waals surface area contributed by atoms with E-state index in [1.165, 1.54) is 18.2 Å². The third-order valence-corrected chi connectivity index (χ3v) is 5.57. The Morgan fingerprint density at radius 1 is 0.857 bits per heavy atom. The molecule has 2 unspecified atom stereocenters. The molecule has 0 saturated carbocycles. The van der Waals surface area contributed by atoms with Crippen molar-refractivity contribution in [1.82, 2.24) is 0 Å². The molecule has 0 aromatic heterocycles. The highest BCUT2D eigenvalue weighted by Gasteiger charge is 2.54. The lowest BCUT2D eigenvalue weighted by Crippen LogP contribution is -2.53. The summed E-state index contributed by atoms with van der Waals surface area (Å²) < 4.78 is 63.3. The van der Waals surface area contributed by atoms with Gasteiger partial charge < -0.3 is 0 Å². The average molecular weight is 334 g/mol. The molecular formula is C11H10O8S2. The van der Waals surface area contributed by atoms with Crippen LogP contribution in [0.3, 0.4) is 0 Å². The van der Waals surface area contributed by atoms with E-state index in [0.717, 1.165) is 0 Å². The summed E-state index contributed by atoms with van der Waals surface area (Å²) in [6.45, 7) is 1.58. The number of fused-ring (bicyclic) bond motifs is 1. The number of carbonyl (C=O) groups is 2. The predicted octanol–water partition coefficient (Wildman–Crippen LogP) is -0.113. The molecule has 1 aromatic rings. The number of aryl methyl sites for hydroxylation is 1. The van der Waals surface area contributed by atoms with Crippen LogP contribution in [-0.4, -0.2) is 48.0 Å². The van der Waals surface area contributed by atoms with Crippen molar-refractivity contribution < 1.29 is 35.5 Å². The molecule has 8 nitrogen and oxygen atoms in total. The molecule has 21 heavy (non-hydrogen) atoms. The number of Topliss-reactive ketones (excluding diaryl/α,β-unsaturated/α-hetero) is 2. The molecule has 0 amide bonds. The molecule has 1 aliphatic rings. The fourth-order valence-electron chi connectivity index (χ4n) is 2.24. The minimum Gasteiger partial charge on any atom is -0.293 e. The van der Waals surface area contributed by atoms with Crippen molar-refractivity contribution in [1.29, 1.82) is 0 Å². The van der Waals surface area contributed by atoms with Gasteiger partial charge in [0.05, 0.1) is 0 Å². The molecule has 0 aliphatic heterocycles. The number of hydrogen-bond donors (Lipinski definition) is 2. The minimum absolute atomic E-state index is 0.303. The highest BCUT2D eigenvalue weighted by atomic mass is 32.2. The van der Waals surface area contributed by atoms with Crippen LogP contribution in [0.25, 0.3) is 0 Å². The van der Waals surface area contributed by atoms with Crippen molar-refractivity contribution in [2.75, 3.05) is 0 Å². The van der Waals surface area contributed by atoms with Crippen LogP contribution in [0, 0.1) is 6.92 Å². The second-order valence-electron chi connectivity index (χ2n) is 4.65. The monoisotopic (exact) mass is 334 g/mol. The van der Waals surface area contributed by atoms with Gasteiger partial charge in [-0.15, -0.1) is 0 Å². The molecule has 2 rings (SSSR count). The van der Waals surface area contributed by atoms with Gasteiger partial charge in [0, 0.05) is 11.1 Å². The molecular weight excluding hydrogens is 324 g/mol. The summed E-state index contributed by atoms with van der Waals surface area (Å²) in [5, 5.41) is -5.15. The zero-order valence-electron chi connectivity index (χ0n) is 10.5. The zero-order chi connectivity index (χ0) is 16.2. The fraction of sp³-hybridized carbons (Fsp3) is 0.273. The molecule has 2 N–H and O–H groups in total. The first kappa shape index (κ1) is 15.8. The molecule has 2 atom stereocenters. The van der Waals surface area contributed by atoms with E-state index in [-0.39, 0.29) is 11.1 Å². The van der Waals surface area contributed by atoms with E-state index in [9.17, 15) is 26.4 Å². The van der Waals surface area contributed by atoms with Crippen LogP contribution in [0.15, 0.2) is 18.2 Å². The maximum atomic E-state index is 12.2. The van der Waals surface area contributed by atoms with E-state index in [0.29, 0.717) is 5.56 Å². The Kier molecular flexibility index (Phi) is 3.53. The summed E-state index contributed by atoms with van der Waals surface area (Å²) in [7, 11) is -10.4. The first-order chi connectivity index (χ1) is 9.44. The maximum Gasteiger partial charge on any atom is 0.277 e. The molecule has 1 aromatic carbocycles. The third-order valence-electron chi connectivity index (χ3n) is 3.14. The van der Waals surface area contributed by atoms with Gasteiger partial charge in [-0.25, -0.2) is 0 Å². The topological polar surface area (TPSA) is 143 Å². The number of ketones is 2. The van der Waals surface area contributed by atoms with Crippen molar-refractivity contribution in [2.45, 2.75) is 17.4 Å². The SMILES string of the molecule is Cc1ccc2c(c1)C(=O)C(S(=O)(=O)O)C(S(=O)(=O)O)C2=O. The van der Waals surface area contributed by atoms with Crippen molar-refractivity contribution >= 4 is 31.8 Å². The summed E-state index contributed by atoms with van der Waals surface area (Å²) in [6.07, 6.45) is 0. The standard InChI is InChI=1S/C11H10O8S2/c1-5-2-3-6-7(4-5)9(13)11(21(17,18)19)10(8(6)12)20(14,15)16/h2-4,10-11H,1H3,(H,14,15,16)(H,17,18,19). The molecule has 1 aliphatic carbocycles. The smallest absolute Gasteiger partial charge is 0.277 e. The lowest BCUT2D eigenvalue weighted by molar-refractivity contribution is 0.0891. The summed E-state index contributed by atoms with van der Waals surface area (Å²) in [4.78, 5) is 24.3. The van der Waals surface area contributed by atoms with Crippen LogP contribution in [0.5, 0.6) is 0 Å². The molecule has 10 heteroatoms. The van der Waals surface area contributed by atoms with Crippen molar-refractivity contribution in [3.05, 3.63) is 34.9 Å². The first-order valence-electron chi connectivity index (χ1n) is 5.56. The van der Waals surface area contributed by atoms with Gasteiger partial charge >= 0.3 is 0 Å². The Hall–Kier alpha value is -1.62.